The van der Waals surface area contributed by atoms with Gasteiger partial charge in [0, 0.05) is 18.8 Å². The van der Waals surface area contributed by atoms with E-state index < -0.39 is 5.60 Å². The first kappa shape index (κ1) is 15.9. The Morgan fingerprint density at radius 2 is 2.30 bits per heavy atom. The molecule has 0 aliphatic heterocycles. The monoisotopic (exact) mass is 348 g/mol. The van der Waals surface area contributed by atoms with Gasteiger partial charge >= 0.3 is 0 Å². The van der Waals surface area contributed by atoms with Crippen molar-refractivity contribution in [3.8, 4) is 10.6 Å². The van der Waals surface area contributed by atoms with Crippen LogP contribution in [0, 0.1) is 0 Å². The highest BCUT2D eigenvalue weighted by atomic mass is 32.1. The summed E-state index contributed by atoms with van der Waals surface area (Å²) in [5.41, 5.74) is 0.581. The van der Waals surface area contributed by atoms with Gasteiger partial charge in [0.05, 0.1) is 18.9 Å². The lowest BCUT2D eigenvalue weighted by molar-refractivity contribution is 0.0531. The predicted molar refractivity (Wildman–Crippen MR) is 90.5 cm³/mol. The van der Waals surface area contributed by atoms with E-state index in [0.29, 0.717) is 4.88 Å². The molecule has 0 saturated carbocycles. The van der Waals surface area contributed by atoms with E-state index in [0.717, 1.165) is 16.1 Å². The van der Waals surface area contributed by atoms with Gasteiger partial charge in [-0.3, -0.25) is 9.48 Å². The minimum atomic E-state index is -1.09. The molecule has 0 saturated heterocycles. The summed E-state index contributed by atoms with van der Waals surface area (Å²) in [7, 11) is 1.83. The van der Waals surface area contributed by atoms with Crippen LogP contribution in [0.2, 0.25) is 0 Å². The maximum Gasteiger partial charge on any atom is 0.263 e. The van der Waals surface area contributed by atoms with E-state index in [1.807, 2.05) is 30.1 Å². The Hall–Kier alpha value is -2.03. The van der Waals surface area contributed by atoms with E-state index in [4.69, 9.17) is 0 Å². The molecule has 1 unspecified atom stereocenters. The van der Waals surface area contributed by atoms with Crippen molar-refractivity contribution >= 4 is 28.6 Å². The van der Waals surface area contributed by atoms with E-state index in [1.165, 1.54) is 22.7 Å². The molecule has 0 aromatic carbocycles. The van der Waals surface area contributed by atoms with Gasteiger partial charge in [-0.1, -0.05) is 0 Å². The summed E-state index contributed by atoms with van der Waals surface area (Å²) in [6, 6.07) is 1.85. The number of nitrogens with zero attached hydrogens (tertiary/aromatic N) is 3. The highest BCUT2D eigenvalue weighted by molar-refractivity contribution is 7.16. The van der Waals surface area contributed by atoms with Crippen molar-refractivity contribution in [2.24, 2.45) is 7.05 Å². The zero-order chi connectivity index (χ0) is 16.4. The Morgan fingerprint density at radius 1 is 1.48 bits per heavy atom. The van der Waals surface area contributed by atoms with Crippen molar-refractivity contribution < 1.29 is 9.90 Å². The van der Waals surface area contributed by atoms with Gasteiger partial charge in [-0.15, -0.1) is 11.3 Å². The average molecular weight is 348 g/mol. The van der Waals surface area contributed by atoms with Crippen LogP contribution in [0.15, 0.2) is 35.4 Å². The molecule has 1 amide bonds. The summed E-state index contributed by atoms with van der Waals surface area (Å²) in [5.74, 6) is -0.242. The molecule has 3 rings (SSSR count). The highest BCUT2D eigenvalue weighted by Gasteiger charge is 2.25. The van der Waals surface area contributed by atoms with E-state index in [9.17, 15) is 9.90 Å². The Labute approximate surface area is 141 Å². The first-order chi connectivity index (χ1) is 11.0. The molecule has 3 aromatic rings. The number of aromatic nitrogens is 3. The summed E-state index contributed by atoms with van der Waals surface area (Å²) in [4.78, 5) is 17.0. The van der Waals surface area contributed by atoms with E-state index in [2.05, 4.69) is 15.4 Å². The summed E-state index contributed by atoms with van der Waals surface area (Å²) in [6.45, 7) is 1.83. The number of rotatable bonds is 5. The Bertz CT molecular complexity index is 805. The molecule has 0 aliphatic carbocycles. The zero-order valence-corrected chi connectivity index (χ0v) is 14.3. The number of hydrogen-bond donors (Lipinski definition) is 2. The van der Waals surface area contributed by atoms with E-state index in [-0.39, 0.29) is 12.5 Å². The minimum Gasteiger partial charge on any atom is -0.384 e. The molecule has 0 aliphatic rings. The number of carbonyl (C=O) groups excluding carboxylic acids is 1. The van der Waals surface area contributed by atoms with E-state index in [1.54, 1.807) is 24.0 Å². The third kappa shape index (κ3) is 3.49. The van der Waals surface area contributed by atoms with Crippen LogP contribution >= 0.6 is 22.7 Å². The number of thiazole rings is 1. The highest BCUT2D eigenvalue weighted by Crippen LogP contribution is 2.25. The molecular formula is C15H16N4O2S2. The van der Waals surface area contributed by atoms with Gasteiger partial charge in [0.25, 0.3) is 5.91 Å². The second kappa shape index (κ2) is 6.23. The quantitative estimate of drug-likeness (QED) is 0.741. The molecule has 23 heavy (non-hydrogen) atoms. The molecule has 0 radical (unpaired) electrons. The van der Waals surface area contributed by atoms with Gasteiger partial charge < -0.3 is 10.4 Å². The van der Waals surface area contributed by atoms with Crippen LogP contribution in [0.25, 0.3) is 10.6 Å². The molecule has 3 heterocycles. The maximum atomic E-state index is 12.2. The smallest absolute Gasteiger partial charge is 0.263 e. The normalized spacial score (nSPS) is 13.7. The number of amides is 1. The third-order valence-electron chi connectivity index (χ3n) is 3.42. The van der Waals surface area contributed by atoms with Crippen LogP contribution < -0.4 is 5.32 Å². The summed E-state index contributed by atoms with van der Waals surface area (Å²) >= 11 is 2.81. The van der Waals surface area contributed by atoms with Gasteiger partial charge in [0.2, 0.25) is 0 Å². The fraction of sp³-hybridized carbons (Fsp3) is 0.267. The van der Waals surface area contributed by atoms with Crippen molar-refractivity contribution in [3.63, 3.8) is 0 Å². The van der Waals surface area contributed by atoms with Gasteiger partial charge in [-0.05, 0) is 29.3 Å². The number of thiophene rings is 1. The predicted octanol–water partition coefficient (Wildman–Crippen LogP) is 2.24. The van der Waals surface area contributed by atoms with Crippen molar-refractivity contribution in [3.05, 3.63) is 45.9 Å². The molecular weight excluding hydrogens is 332 g/mol. The standard InChI is InChI=1S/C15H16N4O2S2/c1-15(21,11-3-4-22-8-11)9-17-13(20)12-6-16-14(23-12)10-5-18-19(2)7-10/h3-8,21H,9H2,1-2H3,(H,17,20). The van der Waals surface area contributed by atoms with Crippen LogP contribution in [-0.4, -0.2) is 32.3 Å². The lowest BCUT2D eigenvalue weighted by Gasteiger charge is -2.22. The first-order valence-corrected chi connectivity index (χ1v) is 8.70. The fourth-order valence-corrected chi connectivity index (χ4v) is 3.65. The van der Waals surface area contributed by atoms with Crippen molar-refractivity contribution in [1.29, 1.82) is 0 Å². The number of hydrogen-bond acceptors (Lipinski definition) is 6. The van der Waals surface area contributed by atoms with Gasteiger partial charge in [0.1, 0.15) is 15.5 Å². The Balaban J connectivity index is 1.66. The fourth-order valence-electron chi connectivity index (χ4n) is 2.06. The second-order valence-corrected chi connectivity index (χ2v) is 7.21. The Kier molecular flexibility index (Phi) is 4.29. The lowest BCUT2D eigenvalue weighted by Crippen LogP contribution is -2.38. The topological polar surface area (TPSA) is 80.0 Å². The largest absolute Gasteiger partial charge is 0.384 e. The average Bonchev–Trinajstić information content (AvgIpc) is 3.24. The summed E-state index contributed by atoms with van der Waals surface area (Å²) in [6.07, 6.45) is 5.10. The zero-order valence-electron chi connectivity index (χ0n) is 12.7. The first-order valence-electron chi connectivity index (χ1n) is 6.94. The molecule has 0 fully saturated rings. The van der Waals surface area contributed by atoms with Gasteiger partial charge in [0.15, 0.2) is 0 Å². The number of nitrogens with one attached hydrogen (secondary N) is 1. The minimum absolute atomic E-state index is 0.142. The van der Waals surface area contributed by atoms with Crippen LogP contribution in [0.1, 0.15) is 22.2 Å². The number of aryl methyl sites for hydroxylation is 1. The lowest BCUT2D eigenvalue weighted by atomic mass is 9.99. The Morgan fingerprint density at radius 3 is 2.96 bits per heavy atom. The molecule has 3 aromatic heterocycles. The molecule has 120 valence electrons. The number of carbonyl (C=O) groups is 1. The van der Waals surface area contributed by atoms with Gasteiger partial charge in [-0.25, -0.2) is 4.98 Å². The van der Waals surface area contributed by atoms with Crippen LogP contribution in [0.5, 0.6) is 0 Å². The molecule has 0 spiro atoms. The second-order valence-electron chi connectivity index (χ2n) is 5.40. The van der Waals surface area contributed by atoms with Crippen molar-refractivity contribution in [2.45, 2.75) is 12.5 Å². The van der Waals surface area contributed by atoms with Crippen molar-refractivity contribution in [2.75, 3.05) is 6.54 Å². The van der Waals surface area contributed by atoms with Crippen LogP contribution in [0.4, 0.5) is 0 Å². The van der Waals surface area contributed by atoms with Crippen LogP contribution in [0.3, 0.4) is 0 Å². The molecule has 0 bridgehead atoms. The van der Waals surface area contributed by atoms with E-state index >= 15 is 0 Å². The molecule has 2 N–H and O–H groups in total. The third-order valence-corrected chi connectivity index (χ3v) is 5.15. The molecule has 6 nitrogen and oxygen atoms in total. The summed E-state index contributed by atoms with van der Waals surface area (Å²) in [5, 5.41) is 21.8. The van der Waals surface area contributed by atoms with Crippen molar-refractivity contribution in [1.82, 2.24) is 20.1 Å². The SMILES string of the molecule is Cn1cc(-c2ncc(C(=O)NCC(C)(O)c3ccsc3)s2)cn1. The molecule has 8 heteroatoms. The number of aliphatic hydroxyl groups is 1. The van der Waals surface area contributed by atoms with Crippen LogP contribution in [-0.2, 0) is 12.6 Å². The molecule has 1 atom stereocenters. The van der Waals surface area contributed by atoms with Gasteiger partial charge in [-0.2, -0.15) is 16.4 Å². The summed E-state index contributed by atoms with van der Waals surface area (Å²) < 4.78 is 1.69. The maximum absolute atomic E-state index is 12.2.